The molecule has 0 rings (SSSR count). The van der Waals surface area contributed by atoms with Gasteiger partial charge in [0.25, 0.3) is 0 Å². The SMILES string of the molecule is CCCCC/C=C\CCCCCCCC(=O)OCCCCCCCCCCCCCC/C=C\CCCCCCCCCCCCCCCCCCCC(=O)NC(CO)C(O)/C=C/CCCCCCCCCCCCCC. The van der Waals surface area contributed by atoms with Crippen molar-refractivity contribution in [1.82, 2.24) is 5.32 Å². The van der Waals surface area contributed by atoms with E-state index >= 15 is 0 Å². The summed E-state index contributed by atoms with van der Waals surface area (Å²) in [4.78, 5) is 24.5. The molecule has 3 N–H and O–H groups in total. The number of carbonyl (C=O) groups excluding carboxylic acids is 2. The van der Waals surface area contributed by atoms with Crippen LogP contribution in [0.15, 0.2) is 36.5 Å². The fourth-order valence-electron chi connectivity index (χ4n) is 10.6. The molecule has 6 nitrogen and oxygen atoms in total. The lowest BCUT2D eigenvalue weighted by atomic mass is 10.0. The molecular formula is C70H133NO5. The van der Waals surface area contributed by atoms with Crippen molar-refractivity contribution in [2.45, 2.75) is 386 Å². The zero-order valence-corrected chi connectivity index (χ0v) is 51.3. The lowest BCUT2D eigenvalue weighted by molar-refractivity contribution is -0.143. The Morgan fingerprint density at radius 2 is 0.618 bits per heavy atom. The van der Waals surface area contributed by atoms with Gasteiger partial charge in [-0.2, -0.15) is 0 Å². The number of rotatable bonds is 64. The van der Waals surface area contributed by atoms with Crippen LogP contribution >= 0.6 is 0 Å². The number of aliphatic hydroxyl groups is 2. The minimum Gasteiger partial charge on any atom is -0.466 e. The van der Waals surface area contributed by atoms with Crippen LogP contribution in [0.2, 0.25) is 0 Å². The molecule has 6 heteroatoms. The number of aliphatic hydroxyl groups excluding tert-OH is 2. The van der Waals surface area contributed by atoms with Gasteiger partial charge in [-0.15, -0.1) is 0 Å². The fourth-order valence-corrected chi connectivity index (χ4v) is 10.6. The maximum atomic E-state index is 12.5. The van der Waals surface area contributed by atoms with E-state index in [9.17, 15) is 19.8 Å². The molecule has 0 heterocycles. The van der Waals surface area contributed by atoms with Crippen LogP contribution in [0.25, 0.3) is 0 Å². The van der Waals surface area contributed by atoms with Crippen LogP contribution in [0.4, 0.5) is 0 Å². The van der Waals surface area contributed by atoms with Crippen molar-refractivity contribution in [2.75, 3.05) is 13.2 Å². The number of allylic oxidation sites excluding steroid dienone is 5. The summed E-state index contributed by atoms with van der Waals surface area (Å²) in [7, 11) is 0. The van der Waals surface area contributed by atoms with E-state index < -0.39 is 12.1 Å². The molecule has 0 saturated heterocycles. The first kappa shape index (κ1) is 74.1. The van der Waals surface area contributed by atoms with Crippen molar-refractivity contribution in [3.63, 3.8) is 0 Å². The van der Waals surface area contributed by atoms with Crippen LogP contribution in [0.3, 0.4) is 0 Å². The first-order valence-electron chi connectivity index (χ1n) is 34.3. The fraction of sp³-hybridized carbons (Fsp3) is 0.886. The van der Waals surface area contributed by atoms with Gasteiger partial charge in [0.05, 0.1) is 25.4 Å². The monoisotopic (exact) mass is 1070 g/mol. The Bertz CT molecular complexity index is 1230. The van der Waals surface area contributed by atoms with Gasteiger partial charge in [0.1, 0.15) is 0 Å². The number of hydrogen-bond donors (Lipinski definition) is 3. The highest BCUT2D eigenvalue weighted by molar-refractivity contribution is 5.76. The normalized spacial score (nSPS) is 12.7. The van der Waals surface area contributed by atoms with E-state index in [1.54, 1.807) is 6.08 Å². The highest BCUT2D eigenvalue weighted by atomic mass is 16.5. The maximum absolute atomic E-state index is 12.5. The van der Waals surface area contributed by atoms with Crippen LogP contribution in [-0.2, 0) is 14.3 Å². The third-order valence-corrected chi connectivity index (χ3v) is 15.9. The summed E-state index contributed by atoms with van der Waals surface area (Å²) >= 11 is 0. The number of carbonyl (C=O) groups is 2. The van der Waals surface area contributed by atoms with Crippen LogP contribution in [0, 0.1) is 0 Å². The van der Waals surface area contributed by atoms with Gasteiger partial charge in [0.15, 0.2) is 0 Å². The molecule has 0 aromatic heterocycles. The van der Waals surface area contributed by atoms with Gasteiger partial charge in [0.2, 0.25) is 5.91 Å². The van der Waals surface area contributed by atoms with Crippen LogP contribution in [0.5, 0.6) is 0 Å². The third-order valence-electron chi connectivity index (χ3n) is 15.9. The van der Waals surface area contributed by atoms with E-state index in [-0.39, 0.29) is 18.5 Å². The largest absolute Gasteiger partial charge is 0.466 e. The van der Waals surface area contributed by atoms with Crippen molar-refractivity contribution in [3.8, 4) is 0 Å². The van der Waals surface area contributed by atoms with Crippen molar-refractivity contribution in [2.24, 2.45) is 0 Å². The van der Waals surface area contributed by atoms with E-state index in [1.165, 1.54) is 302 Å². The first-order valence-corrected chi connectivity index (χ1v) is 34.3. The summed E-state index contributed by atoms with van der Waals surface area (Å²) < 4.78 is 5.47. The number of unbranched alkanes of at least 4 members (excludes halogenated alkanes) is 49. The van der Waals surface area contributed by atoms with Gasteiger partial charge in [-0.25, -0.2) is 0 Å². The van der Waals surface area contributed by atoms with Crippen LogP contribution in [-0.4, -0.2) is 47.4 Å². The van der Waals surface area contributed by atoms with Crippen molar-refractivity contribution in [3.05, 3.63) is 36.5 Å². The summed E-state index contributed by atoms with van der Waals surface area (Å²) in [6.07, 6.45) is 83.7. The van der Waals surface area contributed by atoms with E-state index in [0.717, 1.165) is 44.9 Å². The van der Waals surface area contributed by atoms with E-state index in [0.29, 0.717) is 19.4 Å². The molecule has 0 aromatic rings. The maximum Gasteiger partial charge on any atom is 0.305 e. The van der Waals surface area contributed by atoms with Crippen LogP contribution in [0.1, 0.15) is 373 Å². The molecule has 0 bridgehead atoms. The summed E-state index contributed by atoms with van der Waals surface area (Å²) in [6.45, 7) is 4.90. The van der Waals surface area contributed by atoms with Gasteiger partial charge in [-0.1, -0.05) is 314 Å². The highest BCUT2D eigenvalue weighted by Crippen LogP contribution is 2.18. The summed E-state index contributed by atoms with van der Waals surface area (Å²) in [5, 5.41) is 23.1. The van der Waals surface area contributed by atoms with Gasteiger partial charge in [-0.3, -0.25) is 9.59 Å². The topological polar surface area (TPSA) is 95.9 Å². The summed E-state index contributed by atoms with van der Waals surface area (Å²) in [5.74, 6) is -0.0549. The summed E-state index contributed by atoms with van der Waals surface area (Å²) in [6, 6.07) is -0.625. The van der Waals surface area contributed by atoms with Crippen LogP contribution < -0.4 is 5.32 Å². The minimum absolute atomic E-state index is 0.00840. The number of amides is 1. The predicted molar refractivity (Wildman–Crippen MR) is 333 cm³/mol. The van der Waals surface area contributed by atoms with Gasteiger partial charge in [-0.05, 0) is 83.5 Å². The van der Waals surface area contributed by atoms with E-state index in [2.05, 4.69) is 43.5 Å². The smallest absolute Gasteiger partial charge is 0.305 e. The molecule has 0 aliphatic rings. The summed E-state index contributed by atoms with van der Waals surface area (Å²) in [5.41, 5.74) is 0. The Balaban J connectivity index is 3.36. The zero-order chi connectivity index (χ0) is 55.0. The Kier molecular flexibility index (Phi) is 63.9. The number of ether oxygens (including phenoxy) is 1. The van der Waals surface area contributed by atoms with Gasteiger partial charge >= 0.3 is 5.97 Å². The molecule has 0 aromatic carbocycles. The number of esters is 1. The number of hydrogen-bond acceptors (Lipinski definition) is 5. The standard InChI is InChI=1S/C70H133NO5/c1-3-5-7-9-11-13-15-17-39-42-46-50-54-58-62-68(73)67(66-72)71-69(74)63-59-55-51-47-43-40-37-35-33-31-29-27-25-23-21-19-18-20-22-24-26-28-30-32-34-36-38-41-45-49-53-57-61-65-76-70(75)64-60-56-52-48-44-16-14-12-10-8-6-4-2/h12,14,22,24,58,62,67-68,72-73H,3-11,13,15-21,23,25-57,59-61,63-66H2,1-2H3,(H,71,74)/b14-12-,24-22-,62-58+. The highest BCUT2D eigenvalue weighted by Gasteiger charge is 2.18. The lowest BCUT2D eigenvalue weighted by Crippen LogP contribution is -2.45. The molecular weight excluding hydrogens is 935 g/mol. The molecule has 1 amide bonds. The minimum atomic E-state index is -0.842. The molecule has 0 aliphatic carbocycles. The van der Waals surface area contributed by atoms with E-state index in [1.807, 2.05) is 6.08 Å². The Labute approximate surface area is 474 Å². The molecule has 2 unspecified atom stereocenters. The Morgan fingerprint density at radius 3 is 0.961 bits per heavy atom. The third kappa shape index (κ3) is 61.3. The van der Waals surface area contributed by atoms with E-state index in [4.69, 9.17) is 4.74 Å². The molecule has 0 saturated carbocycles. The average molecular weight is 1070 g/mol. The van der Waals surface area contributed by atoms with Crippen molar-refractivity contribution < 1.29 is 24.5 Å². The van der Waals surface area contributed by atoms with Gasteiger partial charge in [0, 0.05) is 12.8 Å². The number of nitrogens with one attached hydrogen (secondary N) is 1. The lowest BCUT2D eigenvalue weighted by Gasteiger charge is -2.20. The predicted octanol–water partition coefficient (Wildman–Crippen LogP) is 21.9. The molecule has 2 atom stereocenters. The molecule has 0 radical (unpaired) electrons. The second-order valence-corrected chi connectivity index (χ2v) is 23.5. The van der Waals surface area contributed by atoms with Crippen molar-refractivity contribution in [1.29, 1.82) is 0 Å². The first-order chi connectivity index (χ1) is 37.5. The zero-order valence-electron chi connectivity index (χ0n) is 51.3. The average Bonchev–Trinajstić information content (AvgIpc) is 3.42. The molecule has 76 heavy (non-hydrogen) atoms. The Hall–Kier alpha value is -1.92. The molecule has 0 spiro atoms. The molecule has 448 valence electrons. The molecule has 0 aliphatic heterocycles. The second-order valence-electron chi connectivity index (χ2n) is 23.5. The Morgan fingerprint density at radius 1 is 0.355 bits per heavy atom. The quantitative estimate of drug-likeness (QED) is 0.0320. The second kappa shape index (κ2) is 65.6. The van der Waals surface area contributed by atoms with Crippen molar-refractivity contribution >= 4 is 11.9 Å². The molecule has 0 fully saturated rings. The van der Waals surface area contributed by atoms with Gasteiger partial charge < -0.3 is 20.3 Å².